The van der Waals surface area contributed by atoms with Gasteiger partial charge >= 0.3 is 0 Å². The highest BCUT2D eigenvalue weighted by Crippen LogP contribution is 2.47. The number of anilines is 3. The maximum atomic E-state index is 9.19. The molecule has 168 valence electrons. The van der Waals surface area contributed by atoms with Crippen LogP contribution < -0.4 is 4.90 Å². The minimum Gasteiger partial charge on any atom is -0.280 e. The number of nitriles is 1. The van der Waals surface area contributed by atoms with E-state index in [9.17, 15) is 5.26 Å². The number of imidazole rings is 1. The molecule has 0 unspecified atom stereocenters. The Balaban J connectivity index is 1.52. The Labute approximate surface area is 208 Å². The van der Waals surface area contributed by atoms with Crippen molar-refractivity contribution in [3.8, 4) is 34.0 Å². The Morgan fingerprint density at radius 2 is 1.31 bits per heavy atom. The maximum absolute atomic E-state index is 9.19. The smallest absolute Gasteiger partial charge is 0.220 e. The zero-order chi connectivity index (χ0) is 24.1. The van der Waals surface area contributed by atoms with E-state index in [-0.39, 0.29) is 0 Å². The van der Waals surface area contributed by atoms with Crippen molar-refractivity contribution in [3.63, 3.8) is 0 Å². The van der Waals surface area contributed by atoms with Crippen molar-refractivity contribution in [2.24, 2.45) is 0 Å². The lowest BCUT2D eigenvalue weighted by Crippen LogP contribution is -2.14. The fourth-order valence-corrected chi connectivity index (χ4v) is 5.12. The molecule has 0 bridgehead atoms. The molecule has 0 saturated heterocycles. The van der Waals surface area contributed by atoms with E-state index in [1.165, 1.54) is 5.56 Å². The topological polar surface area (TPSA) is 44.9 Å². The summed E-state index contributed by atoms with van der Waals surface area (Å²) in [5, 5.41) is 9.19. The minimum absolute atomic E-state index is 0.655. The van der Waals surface area contributed by atoms with E-state index in [1.54, 1.807) is 0 Å². The van der Waals surface area contributed by atoms with Crippen molar-refractivity contribution >= 4 is 28.4 Å². The van der Waals surface area contributed by atoms with Gasteiger partial charge in [0.1, 0.15) is 0 Å². The fraction of sp³-hybridized carbons (Fsp3) is 0. The second kappa shape index (κ2) is 7.97. The number of benzene rings is 5. The van der Waals surface area contributed by atoms with Crippen molar-refractivity contribution in [2.75, 3.05) is 4.90 Å². The molecule has 6 aromatic rings. The summed E-state index contributed by atoms with van der Waals surface area (Å²) in [5.41, 5.74) is 10.4. The average molecular weight is 461 g/mol. The fourth-order valence-electron chi connectivity index (χ4n) is 5.12. The molecule has 0 N–H and O–H groups in total. The van der Waals surface area contributed by atoms with Gasteiger partial charge in [0.05, 0.1) is 34.0 Å². The average Bonchev–Trinajstić information content (AvgIpc) is 3.27. The second-order valence-electron chi connectivity index (χ2n) is 8.85. The summed E-state index contributed by atoms with van der Waals surface area (Å²) in [6.45, 7) is 0. The van der Waals surface area contributed by atoms with Gasteiger partial charge in [0, 0.05) is 16.8 Å². The van der Waals surface area contributed by atoms with Crippen LogP contribution in [0.25, 0.3) is 39.0 Å². The standard InChI is InChI=1S/C32H20N4/c33-21-22-16-18-23(19-17-22)24-8-7-9-25(20-24)35-29-13-4-1-10-26(29)27-11-2-5-14-30(27)36-31-15-6-3-12-28(31)34-32(35)36/h1-20H. The molecule has 0 fully saturated rings. The minimum atomic E-state index is 0.655. The van der Waals surface area contributed by atoms with Crippen molar-refractivity contribution in [3.05, 3.63) is 127 Å². The van der Waals surface area contributed by atoms with E-state index in [1.807, 2.05) is 30.3 Å². The van der Waals surface area contributed by atoms with Crippen LogP contribution in [0.4, 0.5) is 17.3 Å². The third kappa shape index (κ3) is 3.04. The Morgan fingerprint density at radius 3 is 2.11 bits per heavy atom. The normalized spacial score (nSPS) is 11.8. The third-order valence-corrected chi connectivity index (χ3v) is 6.77. The van der Waals surface area contributed by atoms with Crippen molar-refractivity contribution in [1.82, 2.24) is 9.55 Å². The summed E-state index contributed by atoms with van der Waals surface area (Å²) in [6.07, 6.45) is 0. The van der Waals surface area contributed by atoms with Crippen LogP contribution in [0.5, 0.6) is 0 Å². The van der Waals surface area contributed by atoms with E-state index >= 15 is 0 Å². The summed E-state index contributed by atoms with van der Waals surface area (Å²) < 4.78 is 2.26. The molecule has 1 aromatic heterocycles. The number of fused-ring (bicyclic) bond motifs is 7. The van der Waals surface area contributed by atoms with Gasteiger partial charge in [-0.1, -0.05) is 72.8 Å². The van der Waals surface area contributed by atoms with E-state index in [0.29, 0.717) is 5.56 Å². The first kappa shape index (κ1) is 20.3. The maximum Gasteiger partial charge on any atom is 0.220 e. The number of hydrogen-bond acceptors (Lipinski definition) is 3. The summed E-state index contributed by atoms with van der Waals surface area (Å²) in [6, 6.07) is 43.8. The predicted octanol–water partition coefficient (Wildman–Crippen LogP) is 8.01. The van der Waals surface area contributed by atoms with Crippen LogP contribution in [-0.4, -0.2) is 9.55 Å². The molecular weight excluding hydrogens is 440 g/mol. The SMILES string of the molecule is N#Cc1ccc(-c2cccc(N3c4ccccc4-c4ccccc4-n4c3nc3ccccc34)c2)cc1. The lowest BCUT2D eigenvalue weighted by Gasteiger charge is -2.25. The third-order valence-electron chi connectivity index (χ3n) is 6.77. The zero-order valence-electron chi connectivity index (χ0n) is 19.3. The van der Waals surface area contributed by atoms with E-state index in [4.69, 9.17) is 4.98 Å². The zero-order valence-corrected chi connectivity index (χ0v) is 19.3. The largest absolute Gasteiger partial charge is 0.280 e. The first-order valence-corrected chi connectivity index (χ1v) is 11.9. The first-order valence-electron chi connectivity index (χ1n) is 11.9. The number of aromatic nitrogens is 2. The molecule has 2 heterocycles. The Kier molecular flexibility index (Phi) is 4.48. The first-order chi connectivity index (χ1) is 17.8. The molecule has 36 heavy (non-hydrogen) atoms. The Hall–Kier alpha value is -5.14. The van der Waals surface area contributed by atoms with Crippen LogP contribution in [0.15, 0.2) is 121 Å². The number of rotatable bonds is 2. The van der Waals surface area contributed by atoms with Gasteiger partial charge in [0.25, 0.3) is 0 Å². The molecule has 1 aliphatic heterocycles. The summed E-state index contributed by atoms with van der Waals surface area (Å²) in [4.78, 5) is 7.40. The predicted molar refractivity (Wildman–Crippen MR) is 145 cm³/mol. The van der Waals surface area contributed by atoms with Crippen molar-refractivity contribution < 1.29 is 0 Å². The molecule has 0 aliphatic carbocycles. The van der Waals surface area contributed by atoms with Gasteiger partial charge in [0.2, 0.25) is 5.95 Å². The van der Waals surface area contributed by atoms with E-state index < -0.39 is 0 Å². The van der Waals surface area contributed by atoms with Gasteiger partial charge < -0.3 is 0 Å². The Morgan fingerprint density at radius 1 is 0.611 bits per heavy atom. The molecule has 0 atom stereocenters. The van der Waals surface area contributed by atoms with Crippen molar-refractivity contribution in [2.45, 2.75) is 0 Å². The molecule has 0 spiro atoms. The van der Waals surface area contributed by atoms with Gasteiger partial charge in [-0.3, -0.25) is 9.47 Å². The van der Waals surface area contributed by atoms with Crippen LogP contribution in [0.1, 0.15) is 5.56 Å². The molecule has 1 aliphatic rings. The lowest BCUT2D eigenvalue weighted by atomic mass is 10.0. The van der Waals surface area contributed by atoms with E-state index in [0.717, 1.165) is 50.7 Å². The number of nitrogens with zero attached hydrogens (tertiary/aromatic N) is 4. The summed E-state index contributed by atoms with van der Waals surface area (Å²) in [7, 11) is 0. The molecule has 5 aromatic carbocycles. The van der Waals surface area contributed by atoms with Gasteiger partial charge in [-0.25, -0.2) is 4.98 Å². The highest BCUT2D eigenvalue weighted by molar-refractivity contribution is 5.96. The highest BCUT2D eigenvalue weighted by atomic mass is 15.3. The molecule has 4 nitrogen and oxygen atoms in total. The lowest BCUT2D eigenvalue weighted by molar-refractivity contribution is 1.05. The van der Waals surface area contributed by atoms with Gasteiger partial charge in [-0.2, -0.15) is 5.26 Å². The van der Waals surface area contributed by atoms with Gasteiger partial charge in [-0.15, -0.1) is 0 Å². The van der Waals surface area contributed by atoms with Crippen LogP contribution in [0, 0.1) is 11.3 Å². The monoisotopic (exact) mass is 460 g/mol. The second-order valence-corrected chi connectivity index (χ2v) is 8.85. The molecule has 0 amide bonds. The van der Waals surface area contributed by atoms with Crippen LogP contribution in [0.3, 0.4) is 0 Å². The van der Waals surface area contributed by atoms with Crippen LogP contribution in [0.2, 0.25) is 0 Å². The molecule has 4 heteroatoms. The van der Waals surface area contributed by atoms with Gasteiger partial charge in [0.15, 0.2) is 0 Å². The van der Waals surface area contributed by atoms with Crippen LogP contribution >= 0.6 is 0 Å². The summed E-state index contributed by atoms with van der Waals surface area (Å²) >= 11 is 0. The molecular formula is C32H20N4. The van der Waals surface area contributed by atoms with Crippen LogP contribution in [-0.2, 0) is 0 Å². The van der Waals surface area contributed by atoms with E-state index in [2.05, 4.69) is 107 Å². The molecule has 7 rings (SSSR count). The summed E-state index contributed by atoms with van der Waals surface area (Å²) in [5.74, 6) is 0.852. The quantitative estimate of drug-likeness (QED) is 0.262. The molecule has 0 radical (unpaired) electrons. The number of hydrogen-bond donors (Lipinski definition) is 0. The van der Waals surface area contributed by atoms with Crippen molar-refractivity contribution in [1.29, 1.82) is 5.26 Å². The number of para-hydroxylation sites is 4. The highest BCUT2D eigenvalue weighted by Gasteiger charge is 2.28. The van der Waals surface area contributed by atoms with Gasteiger partial charge in [-0.05, 0) is 59.7 Å². The Bertz CT molecular complexity index is 1810. The molecule has 0 saturated carbocycles.